The number of furan rings is 1. The van der Waals surface area contributed by atoms with Crippen LogP contribution in [0.1, 0.15) is 25.5 Å². The number of sulfonamides is 1. The molecule has 1 aromatic carbocycles. The molecule has 1 amide bonds. The number of benzene rings is 1. The largest absolute Gasteiger partial charge is 0.492 e. The molecule has 0 spiro atoms. The Kier molecular flexibility index (Phi) is 7.08. The highest BCUT2D eigenvalue weighted by Crippen LogP contribution is 2.30. The fraction of sp³-hybridized carbons (Fsp3) is 0.389. The van der Waals surface area contributed by atoms with Gasteiger partial charge >= 0.3 is 0 Å². The number of amides is 1. The van der Waals surface area contributed by atoms with Crippen LogP contribution in [0, 0.1) is 0 Å². The first-order chi connectivity index (χ1) is 12.4. The molecule has 0 aliphatic heterocycles. The first kappa shape index (κ1) is 19.8. The number of rotatable bonds is 10. The monoisotopic (exact) mass is 380 g/mol. The Morgan fingerprint density at radius 2 is 2.00 bits per heavy atom. The number of hydrogen-bond acceptors (Lipinski definition) is 5. The van der Waals surface area contributed by atoms with Crippen LogP contribution in [0.5, 0.6) is 5.75 Å². The van der Waals surface area contributed by atoms with Gasteiger partial charge in [0.15, 0.2) is 0 Å². The van der Waals surface area contributed by atoms with Crippen LogP contribution in [0.25, 0.3) is 0 Å². The molecule has 1 heterocycles. The van der Waals surface area contributed by atoms with Crippen molar-refractivity contribution in [2.75, 3.05) is 23.7 Å². The third kappa shape index (κ3) is 5.80. The summed E-state index contributed by atoms with van der Waals surface area (Å²) in [4.78, 5) is 11.9. The lowest BCUT2D eigenvalue weighted by atomic mass is 10.2. The Labute approximate surface area is 154 Å². The van der Waals surface area contributed by atoms with Crippen molar-refractivity contribution >= 4 is 21.6 Å². The summed E-state index contributed by atoms with van der Waals surface area (Å²) in [6.07, 6.45) is 3.29. The Morgan fingerprint density at radius 3 is 2.65 bits per heavy atom. The third-order valence-corrected chi connectivity index (χ3v) is 4.82. The first-order valence-corrected chi connectivity index (χ1v) is 10.2. The summed E-state index contributed by atoms with van der Waals surface area (Å²) in [5.74, 6) is 1.01. The molecule has 1 N–H and O–H groups in total. The van der Waals surface area contributed by atoms with Crippen LogP contribution in [0.15, 0.2) is 47.1 Å². The lowest BCUT2D eigenvalue weighted by Crippen LogP contribution is -2.32. The zero-order chi connectivity index (χ0) is 19.0. The fourth-order valence-corrected chi connectivity index (χ4v) is 3.45. The Bertz CT molecular complexity index is 803. The summed E-state index contributed by atoms with van der Waals surface area (Å²) in [7, 11) is -3.50. The third-order valence-electron chi connectivity index (χ3n) is 3.64. The van der Waals surface area contributed by atoms with E-state index in [4.69, 9.17) is 9.15 Å². The number of nitrogens with zero attached hydrogens (tertiary/aromatic N) is 1. The molecular weight excluding hydrogens is 356 g/mol. The summed E-state index contributed by atoms with van der Waals surface area (Å²) in [6, 6.07) is 10.5. The number of hydrogen-bond donors (Lipinski definition) is 1. The minimum atomic E-state index is -3.50. The van der Waals surface area contributed by atoms with Crippen LogP contribution in [-0.2, 0) is 21.4 Å². The van der Waals surface area contributed by atoms with Crippen molar-refractivity contribution in [2.24, 2.45) is 0 Å². The maximum atomic E-state index is 12.2. The molecule has 2 aromatic rings. The van der Waals surface area contributed by atoms with E-state index < -0.39 is 10.0 Å². The van der Waals surface area contributed by atoms with Crippen LogP contribution in [0.4, 0.5) is 5.69 Å². The molecule has 0 saturated heterocycles. The van der Waals surface area contributed by atoms with Crippen LogP contribution < -0.4 is 14.4 Å². The maximum Gasteiger partial charge on any atom is 0.232 e. The number of carbonyl (C=O) groups excluding carboxylic acids is 1. The Morgan fingerprint density at radius 1 is 1.23 bits per heavy atom. The minimum absolute atomic E-state index is 0.159. The van der Waals surface area contributed by atoms with Crippen molar-refractivity contribution in [3.8, 4) is 5.75 Å². The van der Waals surface area contributed by atoms with Gasteiger partial charge in [-0.25, -0.2) is 8.42 Å². The molecule has 0 unspecified atom stereocenters. The quantitative estimate of drug-likeness (QED) is 0.684. The van der Waals surface area contributed by atoms with E-state index >= 15 is 0 Å². The molecular formula is C18H24N2O5S. The molecule has 8 heteroatoms. The predicted octanol–water partition coefficient (Wildman–Crippen LogP) is 2.54. The van der Waals surface area contributed by atoms with Gasteiger partial charge in [-0.15, -0.1) is 0 Å². The normalized spacial score (nSPS) is 11.2. The molecule has 0 atom stereocenters. The van der Waals surface area contributed by atoms with E-state index in [2.05, 4.69) is 5.32 Å². The van der Waals surface area contributed by atoms with Gasteiger partial charge in [-0.2, -0.15) is 0 Å². The maximum absolute atomic E-state index is 12.2. The van der Waals surface area contributed by atoms with Gasteiger partial charge in [0.05, 0.1) is 31.4 Å². The predicted molar refractivity (Wildman–Crippen MR) is 99.6 cm³/mol. The number of para-hydroxylation sites is 2. The second kappa shape index (κ2) is 9.28. The van der Waals surface area contributed by atoms with E-state index in [1.807, 2.05) is 6.92 Å². The lowest BCUT2D eigenvalue weighted by molar-refractivity contribution is -0.121. The number of carbonyl (C=O) groups is 1. The van der Waals surface area contributed by atoms with Crippen LogP contribution in [0.3, 0.4) is 0 Å². The van der Waals surface area contributed by atoms with Gasteiger partial charge in [0.2, 0.25) is 15.9 Å². The topological polar surface area (TPSA) is 88.8 Å². The second-order valence-corrected chi connectivity index (χ2v) is 7.60. The van der Waals surface area contributed by atoms with E-state index in [-0.39, 0.29) is 18.9 Å². The van der Waals surface area contributed by atoms with Gasteiger partial charge < -0.3 is 14.5 Å². The average Bonchev–Trinajstić information content (AvgIpc) is 3.10. The van der Waals surface area contributed by atoms with E-state index in [0.29, 0.717) is 36.8 Å². The minimum Gasteiger partial charge on any atom is -0.492 e. The SMILES string of the molecule is CCOc1ccccc1N(CCCC(=O)NCc1ccco1)S(C)(=O)=O. The van der Waals surface area contributed by atoms with Crippen LogP contribution in [-0.4, -0.2) is 33.7 Å². The first-order valence-electron chi connectivity index (χ1n) is 8.40. The van der Waals surface area contributed by atoms with Gasteiger partial charge in [-0.3, -0.25) is 9.10 Å². The van der Waals surface area contributed by atoms with E-state index in [1.165, 1.54) is 4.31 Å². The molecule has 0 bridgehead atoms. The van der Waals surface area contributed by atoms with Gasteiger partial charge in [0.25, 0.3) is 0 Å². The summed E-state index contributed by atoms with van der Waals surface area (Å²) >= 11 is 0. The zero-order valence-corrected chi connectivity index (χ0v) is 15.8. The van der Waals surface area contributed by atoms with Crippen molar-refractivity contribution in [3.05, 3.63) is 48.4 Å². The fourth-order valence-electron chi connectivity index (χ4n) is 2.48. The summed E-state index contributed by atoms with van der Waals surface area (Å²) in [5.41, 5.74) is 0.479. The van der Waals surface area contributed by atoms with Crippen LogP contribution >= 0.6 is 0 Å². The number of anilines is 1. The Balaban J connectivity index is 1.96. The van der Waals surface area contributed by atoms with Crippen molar-refractivity contribution < 1.29 is 22.4 Å². The highest BCUT2D eigenvalue weighted by Gasteiger charge is 2.21. The molecule has 0 saturated carbocycles. The van der Waals surface area contributed by atoms with Gasteiger partial charge in [-0.1, -0.05) is 12.1 Å². The summed E-state index contributed by atoms with van der Waals surface area (Å²) < 4.78 is 36.4. The second-order valence-electron chi connectivity index (χ2n) is 5.70. The van der Waals surface area contributed by atoms with Gasteiger partial charge in [0, 0.05) is 13.0 Å². The van der Waals surface area contributed by atoms with E-state index in [9.17, 15) is 13.2 Å². The summed E-state index contributed by atoms with van der Waals surface area (Å²) in [6.45, 7) is 2.78. The molecule has 0 aliphatic rings. The molecule has 0 fully saturated rings. The molecule has 7 nitrogen and oxygen atoms in total. The number of nitrogens with one attached hydrogen (secondary N) is 1. The van der Waals surface area contributed by atoms with Crippen molar-refractivity contribution in [1.82, 2.24) is 5.32 Å². The molecule has 1 aromatic heterocycles. The Hall–Kier alpha value is -2.48. The van der Waals surface area contributed by atoms with Crippen LogP contribution in [0.2, 0.25) is 0 Å². The van der Waals surface area contributed by atoms with Crippen molar-refractivity contribution in [1.29, 1.82) is 0 Å². The zero-order valence-electron chi connectivity index (χ0n) is 15.0. The average molecular weight is 380 g/mol. The molecule has 0 aliphatic carbocycles. The van der Waals surface area contributed by atoms with E-state index in [1.54, 1.807) is 42.7 Å². The molecule has 142 valence electrons. The molecule has 0 radical (unpaired) electrons. The standard InChI is InChI=1S/C18H24N2O5S/c1-3-24-17-10-5-4-9-16(17)20(26(2,22)23)12-6-11-18(21)19-14-15-8-7-13-25-15/h4-5,7-10,13H,3,6,11-12,14H2,1-2H3,(H,19,21). The van der Waals surface area contributed by atoms with Gasteiger partial charge in [-0.05, 0) is 37.6 Å². The molecule has 2 rings (SSSR count). The molecule has 26 heavy (non-hydrogen) atoms. The van der Waals surface area contributed by atoms with E-state index in [0.717, 1.165) is 6.26 Å². The smallest absolute Gasteiger partial charge is 0.232 e. The number of ether oxygens (including phenoxy) is 1. The van der Waals surface area contributed by atoms with Crippen molar-refractivity contribution in [2.45, 2.75) is 26.3 Å². The lowest BCUT2D eigenvalue weighted by Gasteiger charge is -2.24. The highest BCUT2D eigenvalue weighted by molar-refractivity contribution is 7.92. The van der Waals surface area contributed by atoms with Crippen molar-refractivity contribution in [3.63, 3.8) is 0 Å². The highest BCUT2D eigenvalue weighted by atomic mass is 32.2. The summed E-state index contributed by atoms with van der Waals surface area (Å²) in [5, 5.41) is 2.74. The van der Waals surface area contributed by atoms with Gasteiger partial charge in [0.1, 0.15) is 11.5 Å².